The van der Waals surface area contributed by atoms with Gasteiger partial charge in [0, 0.05) is 13.1 Å². The molecule has 1 atom stereocenters. The maximum Gasteiger partial charge on any atom is 0.416 e. The molecule has 0 bridgehead atoms. The van der Waals surface area contributed by atoms with E-state index in [-0.39, 0.29) is 23.9 Å². The third-order valence-corrected chi connectivity index (χ3v) is 4.41. The molecule has 0 radical (unpaired) electrons. The number of carbonyl (C=O) groups is 2. The molecule has 1 fully saturated rings. The molecule has 2 amide bonds. The molecule has 0 saturated carbocycles. The van der Waals surface area contributed by atoms with Crippen LogP contribution in [0.1, 0.15) is 38.3 Å². The van der Waals surface area contributed by atoms with E-state index in [1.165, 1.54) is 4.90 Å². The summed E-state index contributed by atoms with van der Waals surface area (Å²) >= 11 is 0. The Hall–Kier alpha value is -2.12. The summed E-state index contributed by atoms with van der Waals surface area (Å²) in [6, 6.07) is 1.33. The van der Waals surface area contributed by atoms with Crippen molar-refractivity contribution in [3.8, 4) is 0 Å². The highest BCUT2D eigenvalue weighted by Crippen LogP contribution is 2.34. The zero-order valence-corrected chi connectivity index (χ0v) is 14.9. The zero-order valence-electron chi connectivity index (χ0n) is 14.9. The first-order valence-electron chi connectivity index (χ1n) is 8.48. The average Bonchev–Trinajstić information content (AvgIpc) is 2.52. The number of nitrogens with zero attached hydrogens (tertiary/aromatic N) is 2. The number of amides is 2. The standard InChI is InChI=1S/C18H22F4N2O2/c1-4-23-10-16(25)24(15(17(23)26)7-11(2)3)9-12-8-13(19)5-6-14(12)18(20,21)22/h5-6,8,11,15H,4,7,9-10H2,1-3H3/t15-/m0/s1. The highest BCUT2D eigenvalue weighted by Gasteiger charge is 2.40. The van der Waals surface area contributed by atoms with Crippen molar-refractivity contribution in [2.24, 2.45) is 5.92 Å². The molecule has 0 aromatic heterocycles. The molecule has 1 aromatic rings. The van der Waals surface area contributed by atoms with Crippen LogP contribution in [0.5, 0.6) is 0 Å². The molecule has 144 valence electrons. The van der Waals surface area contributed by atoms with Crippen molar-refractivity contribution in [3.05, 3.63) is 35.1 Å². The number of likely N-dealkylation sites (N-methyl/N-ethyl adjacent to an activating group) is 1. The van der Waals surface area contributed by atoms with E-state index in [1.54, 1.807) is 6.92 Å². The van der Waals surface area contributed by atoms with Crippen LogP contribution < -0.4 is 0 Å². The van der Waals surface area contributed by atoms with Gasteiger partial charge in [0.25, 0.3) is 0 Å². The molecular weight excluding hydrogens is 352 g/mol. The highest BCUT2D eigenvalue weighted by molar-refractivity contribution is 5.94. The van der Waals surface area contributed by atoms with Gasteiger partial charge in [0.2, 0.25) is 11.8 Å². The Balaban J connectivity index is 2.41. The number of benzene rings is 1. The minimum Gasteiger partial charge on any atom is -0.332 e. The minimum absolute atomic E-state index is 0.0608. The maximum atomic E-state index is 13.5. The summed E-state index contributed by atoms with van der Waals surface area (Å²) in [5, 5.41) is 0. The van der Waals surface area contributed by atoms with Gasteiger partial charge in [-0.05, 0) is 43.0 Å². The van der Waals surface area contributed by atoms with Crippen LogP contribution in [0, 0.1) is 11.7 Å². The molecule has 1 aliphatic heterocycles. The predicted octanol–water partition coefficient (Wildman–Crippen LogP) is 3.45. The number of carbonyl (C=O) groups excluding carboxylic acids is 2. The van der Waals surface area contributed by atoms with Gasteiger partial charge in [-0.3, -0.25) is 9.59 Å². The molecule has 0 aliphatic carbocycles. The maximum absolute atomic E-state index is 13.5. The molecular formula is C18H22F4N2O2. The topological polar surface area (TPSA) is 40.6 Å². The molecule has 2 rings (SSSR count). The zero-order chi connectivity index (χ0) is 19.6. The van der Waals surface area contributed by atoms with Crippen LogP contribution in [0.15, 0.2) is 18.2 Å². The number of piperazine rings is 1. The van der Waals surface area contributed by atoms with E-state index in [2.05, 4.69) is 0 Å². The largest absolute Gasteiger partial charge is 0.416 e. The Bertz CT molecular complexity index is 688. The molecule has 1 aromatic carbocycles. The molecule has 1 heterocycles. The fourth-order valence-corrected chi connectivity index (χ4v) is 3.14. The molecule has 8 heteroatoms. The SMILES string of the molecule is CCN1CC(=O)N(Cc2cc(F)ccc2C(F)(F)F)[C@@H](CC(C)C)C1=O. The first kappa shape index (κ1) is 20.2. The molecule has 1 aliphatic rings. The third-order valence-electron chi connectivity index (χ3n) is 4.41. The van der Waals surface area contributed by atoms with Gasteiger partial charge >= 0.3 is 6.18 Å². The first-order chi connectivity index (χ1) is 12.0. The Morgan fingerprint density at radius 2 is 1.88 bits per heavy atom. The second-order valence-corrected chi connectivity index (χ2v) is 6.82. The second-order valence-electron chi connectivity index (χ2n) is 6.82. The molecule has 0 N–H and O–H groups in total. The monoisotopic (exact) mass is 374 g/mol. The lowest BCUT2D eigenvalue weighted by Gasteiger charge is -2.41. The summed E-state index contributed by atoms with van der Waals surface area (Å²) in [5.74, 6) is -1.48. The highest BCUT2D eigenvalue weighted by atomic mass is 19.4. The summed E-state index contributed by atoms with van der Waals surface area (Å²) in [6.45, 7) is 5.18. The normalized spacial score (nSPS) is 18.8. The molecule has 4 nitrogen and oxygen atoms in total. The Morgan fingerprint density at radius 3 is 2.42 bits per heavy atom. The summed E-state index contributed by atoms with van der Waals surface area (Å²) in [6.07, 6.45) is -4.34. The van der Waals surface area contributed by atoms with Crippen LogP contribution in [0.2, 0.25) is 0 Å². The van der Waals surface area contributed by atoms with Crippen LogP contribution in [-0.4, -0.2) is 40.7 Å². The van der Waals surface area contributed by atoms with Crippen molar-refractivity contribution in [2.75, 3.05) is 13.1 Å². The van der Waals surface area contributed by atoms with E-state index in [1.807, 2.05) is 13.8 Å². The van der Waals surface area contributed by atoms with Gasteiger partial charge in [-0.1, -0.05) is 13.8 Å². The lowest BCUT2D eigenvalue weighted by molar-refractivity contribution is -0.157. The smallest absolute Gasteiger partial charge is 0.332 e. The van der Waals surface area contributed by atoms with Crippen molar-refractivity contribution in [1.82, 2.24) is 9.80 Å². The van der Waals surface area contributed by atoms with E-state index in [0.717, 1.165) is 17.0 Å². The minimum atomic E-state index is -4.67. The fourth-order valence-electron chi connectivity index (χ4n) is 3.14. The van der Waals surface area contributed by atoms with Gasteiger partial charge in [0.05, 0.1) is 12.1 Å². The average molecular weight is 374 g/mol. The molecule has 1 saturated heterocycles. The van der Waals surface area contributed by atoms with Gasteiger partial charge in [0.1, 0.15) is 11.9 Å². The number of alkyl halides is 3. The second kappa shape index (κ2) is 7.63. The number of halogens is 4. The van der Waals surface area contributed by atoms with E-state index >= 15 is 0 Å². The van der Waals surface area contributed by atoms with E-state index in [4.69, 9.17) is 0 Å². The summed E-state index contributed by atoms with van der Waals surface area (Å²) < 4.78 is 53.2. The van der Waals surface area contributed by atoms with Crippen molar-refractivity contribution >= 4 is 11.8 Å². The van der Waals surface area contributed by atoms with Crippen LogP contribution in [0.3, 0.4) is 0 Å². The molecule has 0 unspecified atom stereocenters. The van der Waals surface area contributed by atoms with E-state index in [0.29, 0.717) is 19.0 Å². The van der Waals surface area contributed by atoms with Gasteiger partial charge in [0.15, 0.2) is 0 Å². The number of hydrogen-bond acceptors (Lipinski definition) is 2. The predicted molar refractivity (Wildman–Crippen MR) is 87.4 cm³/mol. The summed E-state index contributed by atoms with van der Waals surface area (Å²) in [5.41, 5.74) is -1.35. The fraction of sp³-hybridized carbons (Fsp3) is 0.556. The van der Waals surface area contributed by atoms with Gasteiger partial charge in [-0.15, -0.1) is 0 Å². The summed E-state index contributed by atoms with van der Waals surface area (Å²) in [4.78, 5) is 27.7. The van der Waals surface area contributed by atoms with Gasteiger partial charge in [-0.2, -0.15) is 13.2 Å². The number of hydrogen-bond donors (Lipinski definition) is 0. The molecule has 0 spiro atoms. The van der Waals surface area contributed by atoms with Gasteiger partial charge in [-0.25, -0.2) is 4.39 Å². The van der Waals surface area contributed by atoms with Crippen LogP contribution in [0.4, 0.5) is 17.6 Å². The van der Waals surface area contributed by atoms with Crippen LogP contribution >= 0.6 is 0 Å². The Labute approximate surface area is 149 Å². The van der Waals surface area contributed by atoms with Gasteiger partial charge < -0.3 is 9.80 Å². The lowest BCUT2D eigenvalue weighted by Crippen LogP contribution is -2.59. The van der Waals surface area contributed by atoms with E-state index in [9.17, 15) is 27.2 Å². The Morgan fingerprint density at radius 1 is 1.23 bits per heavy atom. The van der Waals surface area contributed by atoms with Crippen molar-refractivity contribution in [2.45, 2.75) is 46.0 Å². The van der Waals surface area contributed by atoms with Crippen LogP contribution in [0.25, 0.3) is 0 Å². The quantitative estimate of drug-likeness (QED) is 0.741. The number of rotatable bonds is 5. The first-order valence-corrected chi connectivity index (χ1v) is 8.48. The van der Waals surface area contributed by atoms with E-state index < -0.39 is 36.1 Å². The summed E-state index contributed by atoms with van der Waals surface area (Å²) in [7, 11) is 0. The van der Waals surface area contributed by atoms with Crippen molar-refractivity contribution < 1.29 is 27.2 Å². The third kappa shape index (κ3) is 4.34. The lowest BCUT2D eigenvalue weighted by atomic mass is 9.97. The Kier molecular flexibility index (Phi) is 5.93. The van der Waals surface area contributed by atoms with Crippen molar-refractivity contribution in [1.29, 1.82) is 0 Å². The van der Waals surface area contributed by atoms with Crippen LogP contribution in [-0.2, 0) is 22.3 Å². The van der Waals surface area contributed by atoms with Crippen molar-refractivity contribution in [3.63, 3.8) is 0 Å². The molecule has 26 heavy (non-hydrogen) atoms.